The molecule has 1 aromatic heterocycles. The van der Waals surface area contributed by atoms with Crippen molar-refractivity contribution in [1.29, 1.82) is 0 Å². The number of fused-ring (bicyclic) bond motifs is 2. The molecule has 2 unspecified atom stereocenters. The molecular weight excluding hydrogens is 356 g/mol. The SMILES string of the molecule is CC(C)(c1ccccc1)c1nnc(NC(=O)C2CC3CCCC(C2)C3N)s1. The van der Waals surface area contributed by atoms with Crippen molar-refractivity contribution in [3.05, 3.63) is 40.9 Å². The molecule has 2 aliphatic rings. The van der Waals surface area contributed by atoms with E-state index in [0.29, 0.717) is 17.0 Å². The lowest BCUT2D eigenvalue weighted by Gasteiger charge is -2.43. The molecule has 6 heteroatoms. The van der Waals surface area contributed by atoms with E-state index in [1.54, 1.807) is 0 Å². The Bertz CT molecular complexity index is 790. The Hall–Kier alpha value is -1.79. The molecule has 1 amide bonds. The molecule has 2 bridgehead atoms. The normalized spacial score (nSPS) is 28.0. The molecule has 2 saturated carbocycles. The van der Waals surface area contributed by atoms with Gasteiger partial charge in [-0.3, -0.25) is 4.79 Å². The van der Waals surface area contributed by atoms with Crippen molar-refractivity contribution in [3.8, 4) is 0 Å². The van der Waals surface area contributed by atoms with Crippen LogP contribution in [0, 0.1) is 17.8 Å². The number of nitrogens with zero attached hydrogens (tertiary/aromatic N) is 2. The van der Waals surface area contributed by atoms with Crippen LogP contribution in [0.15, 0.2) is 30.3 Å². The molecule has 2 fully saturated rings. The second-order valence-electron chi connectivity index (χ2n) is 8.59. The Labute approximate surface area is 164 Å². The topological polar surface area (TPSA) is 80.9 Å². The number of hydrogen-bond donors (Lipinski definition) is 2. The van der Waals surface area contributed by atoms with Gasteiger partial charge >= 0.3 is 0 Å². The van der Waals surface area contributed by atoms with Gasteiger partial charge in [0.05, 0.1) is 0 Å². The fraction of sp³-hybridized carbons (Fsp3) is 0.571. The first-order valence-corrected chi connectivity index (χ1v) is 10.7. The lowest BCUT2D eigenvalue weighted by molar-refractivity contribution is -0.122. The van der Waals surface area contributed by atoms with Gasteiger partial charge in [-0.15, -0.1) is 10.2 Å². The van der Waals surface area contributed by atoms with Gasteiger partial charge < -0.3 is 11.1 Å². The third kappa shape index (κ3) is 3.65. The summed E-state index contributed by atoms with van der Waals surface area (Å²) in [5.74, 6) is 1.12. The maximum Gasteiger partial charge on any atom is 0.229 e. The predicted octanol–water partition coefficient (Wildman–Crippen LogP) is 3.96. The minimum absolute atomic E-state index is 0.0505. The molecule has 1 heterocycles. The summed E-state index contributed by atoms with van der Waals surface area (Å²) < 4.78 is 0. The summed E-state index contributed by atoms with van der Waals surface area (Å²) in [7, 11) is 0. The fourth-order valence-corrected chi connectivity index (χ4v) is 5.59. The zero-order valence-electron chi connectivity index (χ0n) is 16.0. The lowest BCUT2D eigenvalue weighted by Crippen LogP contribution is -2.48. The van der Waals surface area contributed by atoms with E-state index in [-0.39, 0.29) is 23.3 Å². The van der Waals surface area contributed by atoms with Crippen LogP contribution in [-0.2, 0) is 10.2 Å². The van der Waals surface area contributed by atoms with Crippen LogP contribution in [0.5, 0.6) is 0 Å². The highest BCUT2D eigenvalue weighted by atomic mass is 32.1. The molecule has 27 heavy (non-hydrogen) atoms. The number of rotatable bonds is 4. The molecule has 2 atom stereocenters. The second-order valence-corrected chi connectivity index (χ2v) is 9.57. The van der Waals surface area contributed by atoms with E-state index in [1.807, 2.05) is 18.2 Å². The van der Waals surface area contributed by atoms with Gasteiger partial charge in [-0.25, -0.2) is 0 Å². The van der Waals surface area contributed by atoms with Crippen LogP contribution in [-0.4, -0.2) is 22.1 Å². The molecule has 3 N–H and O–H groups in total. The summed E-state index contributed by atoms with van der Waals surface area (Å²) in [5, 5.41) is 13.1. The Morgan fingerprint density at radius 1 is 1.15 bits per heavy atom. The van der Waals surface area contributed by atoms with Gasteiger partial charge in [0, 0.05) is 17.4 Å². The standard InChI is InChI=1S/C21H28N4OS/c1-21(2,16-9-4-3-5-10-16)19-24-25-20(27-19)23-18(26)15-11-13-7-6-8-14(12-15)17(13)22/h3-5,9-10,13-15,17H,6-8,11-12,22H2,1-2H3,(H,23,25,26). The van der Waals surface area contributed by atoms with E-state index < -0.39 is 0 Å². The lowest BCUT2D eigenvalue weighted by atomic mass is 9.65. The first kappa shape index (κ1) is 18.6. The number of amides is 1. The summed E-state index contributed by atoms with van der Waals surface area (Å²) in [6.07, 6.45) is 5.40. The predicted molar refractivity (Wildman–Crippen MR) is 109 cm³/mol. The van der Waals surface area contributed by atoms with Crippen LogP contribution in [0.25, 0.3) is 0 Å². The van der Waals surface area contributed by atoms with E-state index in [9.17, 15) is 4.79 Å². The quantitative estimate of drug-likeness (QED) is 0.836. The summed E-state index contributed by atoms with van der Waals surface area (Å²) in [6, 6.07) is 10.6. The molecule has 144 valence electrons. The van der Waals surface area contributed by atoms with Crippen LogP contribution in [0.2, 0.25) is 0 Å². The molecule has 4 rings (SSSR count). The second kappa shape index (κ2) is 7.32. The van der Waals surface area contributed by atoms with Crippen LogP contribution >= 0.6 is 11.3 Å². The minimum Gasteiger partial charge on any atom is -0.327 e. The van der Waals surface area contributed by atoms with Crippen molar-refractivity contribution in [2.24, 2.45) is 23.5 Å². The molecule has 5 nitrogen and oxygen atoms in total. The van der Waals surface area contributed by atoms with Crippen molar-refractivity contribution in [2.45, 2.75) is 57.4 Å². The number of benzene rings is 1. The summed E-state index contributed by atoms with van der Waals surface area (Å²) >= 11 is 1.47. The zero-order chi connectivity index (χ0) is 19.0. The number of anilines is 1. The zero-order valence-corrected chi connectivity index (χ0v) is 16.8. The highest BCUT2D eigenvalue weighted by molar-refractivity contribution is 7.15. The van der Waals surface area contributed by atoms with Crippen LogP contribution in [0.1, 0.15) is 56.5 Å². The summed E-state index contributed by atoms with van der Waals surface area (Å²) in [5.41, 5.74) is 7.30. The van der Waals surface area contributed by atoms with Gasteiger partial charge in [-0.1, -0.05) is 48.1 Å². The van der Waals surface area contributed by atoms with Gasteiger partial charge in [-0.2, -0.15) is 0 Å². The fourth-order valence-electron chi connectivity index (χ4n) is 4.72. The summed E-state index contributed by atoms with van der Waals surface area (Å²) in [4.78, 5) is 12.8. The minimum atomic E-state index is -0.240. The molecule has 2 aliphatic carbocycles. The van der Waals surface area contributed by atoms with E-state index >= 15 is 0 Å². The van der Waals surface area contributed by atoms with Gasteiger partial charge in [0.15, 0.2) is 0 Å². The van der Waals surface area contributed by atoms with E-state index in [2.05, 4.69) is 41.5 Å². The molecule has 0 saturated heterocycles. The third-order valence-electron chi connectivity index (χ3n) is 6.47. The average molecular weight is 385 g/mol. The maximum atomic E-state index is 12.8. The molecular formula is C21H28N4OS. The molecule has 0 radical (unpaired) electrons. The van der Waals surface area contributed by atoms with Crippen molar-refractivity contribution in [3.63, 3.8) is 0 Å². The van der Waals surface area contributed by atoms with Gasteiger partial charge in [-0.05, 0) is 56.9 Å². The van der Waals surface area contributed by atoms with E-state index in [4.69, 9.17) is 5.73 Å². The highest BCUT2D eigenvalue weighted by Gasteiger charge is 2.40. The van der Waals surface area contributed by atoms with E-state index in [1.165, 1.54) is 23.3 Å². The van der Waals surface area contributed by atoms with Gasteiger partial charge in [0.2, 0.25) is 11.0 Å². The monoisotopic (exact) mass is 384 g/mol. The Kier molecular flexibility index (Phi) is 5.03. The largest absolute Gasteiger partial charge is 0.327 e. The smallest absolute Gasteiger partial charge is 0.229 e. The molecule has 1 aromatic carbocycles. The number of carbonyl (C=O) groups is 1. The van der Waals surface area contributed by atoms with E-state index in [0.717, 1.165) is 30.7 Å². The summed E-state index contributed by atoms with van der Waals surface area (Å²) in [6.45, 7) is 4.27. The third-order valence-corrected chi connectivity index (χ3v) is 7.63. The molecule has 2 aromatic rings. The number of carbonyl (C=O) groups excluding carboxylic acids is 1. The first-order chi connectivity index (χ1) is 12.9. The number of aromatic nitrogens is 2. The van der Waals surface area contributed by atoms with Gasteiger partial charge in [0.1, 0.15) is 5.01 Å². The van der Waals surface area contributed by atoms with Crippen molar-refractivity contribution in [1.82, 2.24) is 10.2 Å². The number of nitrogens with two attached hydrogens (primary N) is 1. The first-order valence-electron chi connectivity index (χ1n) is 9.91. The molecule has 0 spiro atoms. The highest BCUT2D eigenvalue weighted by Crippen LogP contribution is 2.42. The Balaban J connectivity index is 1.44. The van der Waals surface area contributed by atoms with Crippen LogP contribution in [0.3, 0.4) is 0 Å². The van der Waals surface area contributed by atoms with Crippen LogP contribution < -0.4 is 11.1 Å². The van der Waals surface area contributed by atoms with Crippen LogP contribution in [0.4, 0.5) is 5.13 Å². The maximum absolute atomic E-state index is 12.8. The van der Waals surface area contributed by atoms with Crippen molar-refractivity contribution >= 4 is 22.4 Å². The van der Waals surface area contributed by atoms with Crippen molar-refractivity contribution in [2.75, 3.05) is 5.32 Å². The Morgan fingerprint density at radius 2 is 1.81 bits per heavy atom. The number of nitrogens with one attached hydrogen (secondary N) is 1. The average Bonchev–Trinajstić information content (AvgIpc) is 3.11. The van der Waals surface area contributed by atoms with Crippen molar-refractivity contribution < 1.29 is 4.79 Å². The van der Waals surface area contributed by atoms with Gasteiger partial charge in [0.25, 0.3) is 0 Å². The molecule has 0 aliphatic heterocycles. The number of hydrogen-bond acceptors (Lipinski definition) is 5. The Morgan fingerprint density at radius 3 is 2.48 bits per heavy atom.